The van der Waals surface area contributed by atoms with E-state index in [1.807, 2.05) is 0 Å². The zero-order chi connectivity index (χ0) is 12.4. The molecule has 1 saturated carbocycles. The molecule has 0 amide bonds. The monoisotopic (exact) mass is 242 g/mol. The maximum Gasteiger partial charge on any atom is 0.0458 e. The standard InChI is InChI=1S/C16H22N2/c1-12-14(10-11-17-13-6-2-3-7-13)15-8-4-5-9-16(15)18-12/h4-5,8-9,13,17-18H,2-3,6-7,10-11H2,1H3. The second kappa shape index (κ2) is 5.15. The van der Waals surface area contributed by atoms with Crippen molar-refractivity contribution in [1.82, 2.24) is 10.3 Å². The van der Waals surface area contributed by atoms with Crippen molar-refractivity contribution < 1.29 is 0 Å². The van der Waals surface area contributed by atoms with Crippen molar-refractivity contribution in [2.45, 2.75) is 45.1 Å². The summed E-state index contributed by atoms with van der Waals surface area (Å²) in [4.78, 5) is 3.48. The summed E-state index contributed by atoms with van der Waals surface area (Å²) < 4.78 is 0. The minimum Gasteiger partial charge on any atom is -0.358 e. The first-order chi connectivity index (χ1) is 8.84. The lowest BCUT2D eigenvalue weighted by molar-refractivity contribution is 0.528. The molecule has 1 aliphatic carbocycles. The number of aromatic amines is 1. The number of para-hydroxylation sites is 1. The fourth-order valence-electron chi connectivity index (χ4n) is 3.19. The van der Waals surface area contributed by atoms with Crippen LogP contribution in [0.25, 0.3) is 10.9 Å². The van der Waals surface area contributed by atoms with Crippen molar-refractivity contribution >= 4 is 10.9 Å². The molecular weight excluding hydrogens is 220 g/mol. The van der Waals surface area contributed by atoms with Crippen LogP contribution in [0.5, 0.6) is 0 Å². The zero-order valence-corrected chi connectivity index (χ0v) is 11.1. The van der Waals surface area contributed by atoms with Crippen LogP contribution < -0.4 is 5.32 Å². The highest BCUT2D eigenvalue weighted by atomic mass is 14.9. The van der Waals surface area contributed by atoms with Crippen molar-refractivity contribution in [1.29, 1.82) is 0 Å². The zero-order valence-electron chi connectivity index (χ0n) is 11.1. The smallest absolute Gasteiger partial charge is 0.0458 e. The fourth-order valence-corrected chi connectivity index (χ4v) is 3.19. The predicted octanol–water partition coefficient (Wildman–Crippen LogP) is 3.55. The highest BCUT2D eigenvalue weighted by molar-refractivity contribution is 5.84. The Morgan fingerprint density at radius 1 is 1.22 bits per heavy atom. The maximum atomic E-state index is 3.70. The molecule has 1 aromatic heterocycles. The van der Waals surface area contributed by atoms with Gasteiger partial charge in [0.05, 0.1) is 0 Å². The summed E-state index contributed by atoms with van der Waals surface area (Å²) >= 11 is 0. The number of hydrogen-bond donors (Lipinski definition) is 2. The second-order valence-corrected chi connectivity index (χ2v) is 5.46. The summed E-state index contributed by atoms with van der Waals surface area (Å²) in [6, 6.07) is 9.39. The molecule has 0 unspecified atom stereocenters. The quantitative estimate of drug-likeness (QED) is 0.843. The molecule has 0 aliphatic heterocycles. The third-order valence-corrected chi connectivity index (χ3v) is 4.19. The third-order valence-electron chi connectivity index (χ3n) is 4.19. The van der Waals surface area contributed by atoms with Gasteiger partial charge in [-0.3, -0.25) is 0 Å². The van der Waals surface area contributed by atoms with Crippen molar-refractivity contribution in [2.24, 2.45) is 0 Å². The number of nitrogens with one attached hydrogen (secondary N) is 2. The van der Waals surface area contributed by atoms with Gasteiger partial charge in [-0.05, 0) is 44.4 Å². The van der Waals surface area contributed by atoms with E-state index in [1.54, 1.807) is 0 Å². The first kappa shape index (κ1) is 11.8. The maximum absolute atomic E-state index is 3.70. The second-order valence-electron chi connectivity index (χ2n) is 5.46. The van der Waals surface area contributed by atoms with Crippen LogP contribution in [0, 0.1) is 6.92 Å². The van der Waals surface area contributed by atoms with Crippen LogP contribution >= 0.6 is 0 Å². The van der Waals surface area contributed by atoms with Gasteiger partial charge in [-0.1, -0.05) is 31.0 Å². The van der Waals surface area contributed by atoms with E-state index in [0.29, 0.717) is 0 Å². The van der Waals surface area contributed by atoms with Crippen molar-refractivity contribution in [3.63, 3.8) is 0 Å². The molecule has 1 heterocycles. The van der Waals surface area contributed by atoms with Crippen LogP contribution in [0.2, 0.25) is 0 Å². The van der Waals surface area contributed by atoms with Gasteiger partial charge in [-0.15, -0.1) is 0 Å². The van der Waals surface area contributed by atoms with E-state index in [0.717, 1.165) is 19.0 Å². The Kier molecular flexibility index (Phi) is 3.37. The lowest BCUT2D eigenvalue weighted by atomic mass is 10.1. The fraction of sp³-hybridized carbons (Fsp3) is 0.500. The molecule has 1 aromatic carbocycles. The minimum absolute atomic E-state index is 0.774. The van der Waals surface area contributed by atoms with E-state index in [4.69, 9.17) is 0 Å². The molecule has 0 spiro atoms. The summed E-state index contributed by atoms with van der Waals surface area (Å²) in [6.45, 7) is 3.29. The molecule has 0 bridgehead atoms. The molecule has 1 fully saturated rings. The van der Waals surface area contributed by atoms with Crippen LogP contribution in [0.1, 0.15) is 36.9 Å². The van der Waals surface area contributed by atoms with E-state index >= 15 is 0 Å². The Labute approximate surface area is 109 Å². The van der Waals surface area contributed by atoms with E-state index in [-0.39, 0.29) is 0 Å². The Balaban J connectivity index is 1.68. The molecule has 2 heteroatoms. The molecule has 0 radical (unpaired) electrons. The number of hydrogen-bond acceptors (Lipinski definition) is 1. The summed E-state index contributed by atoms with van der Waals surface area (Å²) in [5.74, 6) is 0. The largest absolute Gasteiger partial charge is 0.358 e. The van der Waals surface area contributed by atoms with E-state index in [9.17, 15) is 0 Å². The molecule has 0 saturated heterocycles. The van der Waals surface area contributed by atoms with Gasteiger partial charge in [-0.25, -0.2) is 0 Å². The van der Waals surface area contributed by atoms with Gasteiger partial charge in [0, 0.05) is 22.6 Å². The molecule has 1 aliphatic rings. The Bertz CT molecular complexity index is 521. The number of rotatable bonds is 4. The van der Waals surface area contributed by atoms with Gasteiger partial charge in [0.15, 0.2) is 0 Å². The van der Waals surface area contributed by atoms with Crippen LogP contribution in [0.3, 0.4) is 0 Å². The molecule has 96 valence electrons. The van der Waals surface area contributed by atoms with Crippen molar-refractivity contribution in [2.75, 3.05) is 6.54 Å². The summed E-state index contributed by atoms with van der Waals surface area (Å²) in [7, 11) is 0. The minimum atomic E-state index is 0.774. The summed E-state index contributed by atoms with van der Waals surface area (Å²) in [5.41, 5.74) is 4.08. The van der Waals surface area contributed by atoms with Gasteiger partial charge >= 0.3 is 0 Å². The lowest BCUT2D eigenvalue weighted by Crippen LogP contribution is -2.28. The van der Waals surface area contributed by atoms with Crippen LogP contribution in [0.4, 0.5) is 0 Å². The van der Waals surface area contributed by atoms with E-state index in [1.165, 1.54) is 47.8 Å². The normalized spacial score (nSPS) is 16.7. The molecule has 2 nitrogen and oxygen atoms in total. The average molecular weight is 242 g/mol. The molecule has 18 heavy (non-hydrogen) atoms. The molecule has 2 N–H and O–H groups in total. The number of benzene rings is 1. The number of aryl methyl sites for hydroxylation is 1. The first-order valence-corrected chi connectivity index (χ1v) is 7.14. The van der Waals surface area contributed by atoms with Gasteiger partial charge in [0.1, 0.15) is 0 Å². The van der Waals surface area contributed by atoms with Crippen molar-refractivity contribution in [3.8, 4) is 0 Å². The number of aromatic nitrogens is 1. The highest BCUT2D eigenvalue weighted by Crippen LogP contribution is 2.22. The van der Waals surface area contributed by atoms with Crippen LogP contribution in [0.15, 0.2) is 24.3 Å². The van der Waals surface area contributed by atoms with Gasteiger partial charge in [0.2, 0.25) is 0 Å². The Morgan fingerprint density at radius 2 is 2.00 bits per heavy atom. The van der Waals surface area contributed by atoms with Crippen LogP contribution in [-0.4, -0.2) is 17.6 Å². The molecule has 2 aromatic rings. The van der Waals surface area contributed by atoms with Gasteiger partial charge in [0.25, 0.3) is 0 Å². The molecule has 0 atom stereocenters. The Hall–Kier alpha value is -1.28. The number of H-pyrrole nitrogens is 1. The molecule has 3 rings (SSSR count). The lowest BCUT2D eigenvalue weighted by Gasteiger charge is -2.11. The SMILES string of the molecule is Cc1[nH]c2ccccc2c1CCNC1CCCC1. The molecular formula is C16H22N2. The third kappa shape index (κ3) is 2.30. The number of fused-ring (bicyclic) bond motifs is 1. The average Bonchev–Trinajstić information content (AvgIpc) is 2.98. The van der Waals surface area contributed by atoms with E-state index < -0.39 is 0 Å². The van der Waals surface area contributed by atoms with Gasteiger partial charge < -0.3 is 10.3 Å². The summed E-state index contributed by atoms with van der Waals surface area (Å²) in [5, 5.41) is 5.09. The Morgan fingerprint density at radius 3 is 2.83 bits per heavy atom. The van der Waals surface area contributed by atoms with E-state index in [2.05, 4.69) is 41.5 Å². The topological polar surface area (TPSA) is 27.8 Å². The highest BCUT2D eigenvalue weighted by Gasteiger charge is 2.14. The predicted molar refractivity (Wildman–Crippen MR) is 77.0 cm³/mol. The van der Waals surface area contributed by atoms with Gasteiger partial charge in [-0.2, -0.15) is 0 Å². The summed E-state index contributed by atoms with van der Waals surface area (Å²) in [6.07, 6.45) is 6.68. The van der Waals surface area contributed by atoms with Crippen molar-refractivity contribution in [3.05, 3.63) is 35.5 Å². The van der Waals surface area contributed by atoms with Crippen LogP contribution in [-0.2, 0) is 6.42 Å². The first-order valence-electron chi connectivity index (χ1n) is 7.14.